The predicted octanol–water partition coefficient (Wildman–Crippen LogP) is 3.84. The number of aliphatic hydroxyl groups is 1. The molecule has 0 heterocycles. The van der Waals surface area contributed by atoms with Crippen LogP contribution in [0, 0.1) is 10.8 Å². The second kappa shape index (κ2) is 4.03. The normalized spacial score (nSPS) is 33.9. The summed E-state index contributed by atoms with van der Waals surface area (Å²) < 4.78 is 0. The van der Waals surface area contributed by atoms with E-state index in [2.05, 4.69) is 26.5 Å². The van der Waals surface area contributed by atoms with E-state index in [-0.39, 0.29) is 6.61 Å². The molecule has 1 heteroatoms. The lowest BCUT2D eigenvalue weighted by Gasteiger charge is -2.53. The van der Waals surface area contributed by atoms with Gasteiger partial charge in [0.1, 0.15) is 0 Å². The van der Waals surface area contributed by atoms with Crippen molar-refractivity contribution >= 4 is 0 Å². The van der Waals surface area contributed by atoms with E-state index in [1.165, 1.54) is 36.8 Å². The second-order valence-electron chi connectivity index (χ2n) is 6.15. The van der Waals surface area contributed by atoms with Gasteiger partial charge >= 0.3 is 0 Å². The molecule has 0 aromatic heterocycles. The number of aliphatic hydroxyl groups excluding tert-OH is 1. The van der Waals surface area contributed by atoms with Crippen molar-refractivity contribution in [2.75, 3.05) is 6.61 Å². The largest absolute Gasteiger partial charge is 0.392 e. The van der Waals surface area contributed by atoms with Crippen molar-refractivity contribution in [2.24, 2.45) is 10.8 Å². The van der Waals surface area contributed by atoms with Crippen molar-refractivity contribution in [3.63, 3.8) is 0 Å². The summed E-state index contributed by atoms with van der Waals surface area (Å²) in [5.41, 5.74) is 3.36. The van der Waals surface area contributed by atoms with Crippen LogP contribution >= 0.6 is 0 Å². The third kappa shape index (κ3) is 1.66. The molecule has 0 bridgehead atoms. The smallest absolute Gasteiger partial charge is 0.0641 e. The molecular formula is C15H24O. The van der Waals surface area contributed by atoms with Crippen molar-refractivity contribution in [3.05, 3.63) is 23.8 Å². The summed E-state index contributed by atoms with van der Waals surface area (Å²) in [6.45, 7) is 9.38. The average Bonchev–Trinajstić information content (AvgIpc) is 2.27. The third-order valence-corrected chi connectivity index (χ3v) is 5.07. The zero-order valence-corrected chi connectivity index (χ0v) is 10.7. The van der Waals surface area contributed by atoms with Crippen LogP contribution in [0.15, 0.2) is 23.8 Å². The Kier molecular flexibility index (Phi) is 3.00. The highest BCUT2D eigenvalue weighted by atomic mass is 16.3. The lowest BCUT2D eigenvalue weighted by Crippen LogP contribution is -2.43. The molecule has 2 aliphatic carbocycles. The number of hydrogen-bond donors (Lipinski definition) is 1. The van der Waals surface area contributed by atoms with Crippen LogP contribution < -0.4 is 0 Å². The molecule has 0 aromatic carbocycles. The van der Waals surface area contributed by atoms with Gasteiger partial charge in [0, 0.05) is 0 Å². The summed E-state index contributed by atoms with van der Waals surface area (Å²) in [6.07, 6.45) is 9.41. The van der Waals surface area contributed by atoms with Gasteiger partial charge in [-0.1, -0.05) is 32.1 Å². The van der Waals surface area contributed by atoms with Gasteiger partial charge in [0.05, 0.1) is 6.61 Å². The van der Waals surface area contributed by atoms with E-state index >= 15 is 0 Å². The maximum Gasteiger partial charge on any atom is 0.0641 e. The fourth-order valence-corrected chi connectivity index (χ4v) is 3.68. The van der Waals surface area contributed by atoms with Gasteiger partial charge in [-0.2, -0.15) is 0 Å². The Morgan fingerprint density at radius 3 is 2.56 bits per heavy atom. The molecule has 2 aliphatic rings. The molecule has 1 atom stereocenters. The molecule has 1 fully saturated rings. The van der Waals surface area contributed by atoms with Gasteiger partial charge in [-0.05, 0) is 54.9 Å². The molecule has 1 nitrogen and oxygen atoms in total. The van der Waals surface area contributed by atoms with E-state index in [9.17, 15) is 5.11 Å². The van der Waals surface area contributed by atoms with Gasteiger partial charge in [-0.15, -0.1) is 0 Å². The fraction of sp³-hybridized carbons (Fsp3) is 0.733. The van der Waals surface area contributed by atoms with E-state index < -0.39 is 0 Å². The minimum absolute atomic E-state index is 0.239. The molecule has 1 saturated carbocycles. The molecule has 16 heavy (non-hydrogen) atoms. The molecule has 1 unspecified atom stereocenters. The Bertz CT molecular complexity index is 324. The minimum Gasteiger partial charge on any atom is -0.392 e. The highest BCUT2D eigenvalue weighted by molar-refractivity contribution is 5.25. The first-order chi connectivity index (χ1) is 7.52. The molecule has 90 valence electrons. The van der Waals surface area contributed by atoms with Crippen molar-refractivity contribution in [3.8, 4) is 0 Å². The first kappa shape index (κ1) is 11.9. The third-order valence-electron chi connectivity index (χ3n) is 5.07. The molecule has 0 saturated heterocycles. The van der Waals surface area contributed by atoms with Crippen LogP contribution in [0.2, 0.25) is 0 Å². The Morgan fingerprint density at radius 2 is 2.06 bits per heavy atom. The predicted molar refractivity (Wildman–Crippen MR) is 68.2 cm³/mol. The van der Waals surface area contributed by atoms with Crippen molar-refractivity contribution in [1.29, 1.82) is 0 Å². The molecule has 1 N–H and O–H groups in total. The zero-order chi connectivity index (χ0) is 11.8. The van der Waals surface area contributed by atoms with E-state index in [4.69, 9.17) is 0 Å². The van der Waals surface area contributed by atoms with Crippen LogP contribution in [0.3, 0.4) is 0 Å². The van der Waals surface area contributed by atoms with Crippen LogP contribution in [-0.4, -0.2) is 11.7 Å². The maximum atomic E-state index is 9.18. The van der Waals surface area contributed by atoms with Crippen molar-refractivity contribution in [1.82, 2.24) is 0 Å². The number of hydrogen-bond acceptors (Lipinski definition) is 1. The van der Waals surface area contributed by atoms with Crippen LogP contribution in [0.5, 0.6) is 0 Å². The zero-order valence-electron chi connectivity index (χ0n) is 10.7. The lowest BCUT2D eigenvalue weighted by atomic mass is 9.51. The first-order valence-corrected chi connectivity index (χ1v) is 6.49. The SMILES string of the molecule is C=C1CCCC(C)(C)C12CC=C(CO)CC2. The monoisotopic (exact) mass is 220 g/mol. The Morgan fingerprint density at radius 1 is 1.31 bits per heavy atom. The highest BCUT2D eigenvalue weighted by Crippen LogP contribution is 2.59. The van der Waals surface area contributed by atoms with Gasteiger partial charge in [0.15, 0.2) is 0 Å². The average molecular weight is 220 g/mol. The molecule has 0 aromatic rings. The summed E-state index contributed by atoms with van der Waals surface area (Å²) in [5, 5.41) is 9.18. The molecule has 0 radical (unpaired) electrons. The fourth-order valence-electron chi connectivity index (χ4n) is 3.68. The van der Waals surface area contributed by atoms with E-state index in [1.54, 1.807) is 0 Å². The van der Waals surface area contributed by atoms with Gasteiger partial charge in [-0.3, -0.25) is 0 Å². The summed E-state index contributed by atoms with van der Waals surface area (Å²) >= 11 is 0. The first-order valence-electron chi connectivity index (χ1n) is 6.49. The maximum absolute atomic E-state index is 9.18. The molecule has 1 spiro atoms. The second-order valence-corrected chi connectivity index (χ2v) is 6.15. The van der Waals surface area contributed by atoms with Crippen molar-refractivity contribution in [2.45, 2.75) is 52.4 Å². The molecule has 0 aliphatic heterocycles. The Balaban J connectivity index is 2.29. The van der Waals surface area contributed by atoms with Crippen LogP contribution in [0.1, 0.15) is 52.4 Å². The number of allylic oxidation sites excluding steroid dienone is 2. The standard InChI is InChI=1S/C15H24O/c1-12-5-4-8-14(2,3)15(12)9-6-13(11-16)7-10-15/h6,16H,1,4-5,7-11H2,2-3H3. The van der Waals surface area contributed by atoms with E-state index in [0.29, 0.717) is 10.8 Å². The minimum atomic E-state index is 0.239. The summed E-state index contributed by atoms with van der Waals surface area (Å²) in [4.78, 5) is 0. The lowest BCUT2D eigenvalue weighted by molar-refractivity contribution is 0.0563. The summed E-state index contributed by atoms with van der Waals surface area (Å²) in [5.74, 6) is 0. The van der Waals surface area contributed by atoms with Crippen LogP contribution in [0.4, 0.5) is 0 Å². The molecular weight excluding hydrogens is 196 g/mol. The quantitative estimate of drug-likeness (QED) is 0.666. The molecule has 2 rings (SSSR count). The van der Waals surface area contributed by atoms with Gasteiger partial charge in [-0.25, -0.2) is 0 Å². The summed E-state index contributed by atoms with van der Waals surface area (Å²) in [7, 11) is 0. The number of rotatable bonds is 1. The summed E-state index contributed by atoms with van der Waals surface area (Å²) in [6, 6.07) is 0. The Labute approximate surface area is 99.3 Å². The van der Waals surface area contributed by atoms with Gasteiger partial charge in [0.2, 0.25) is 0 Å². The van der Waals surface area contributed by atoms with Gasteiger partial charge in [0.25, 0.3) is 0 Å². The van der Waals surface area contributed by atoms with Gasteiger partial charge < -0.3 is 5.11 Å². The Hall–Kier alpha value is -0.560. The van der Waals surface area contributed by atoms with Crippen molar-refractivity contribution < 1.29 is 5.11 Å². The highest BCUT2D eigenvalue weighted by Gasteiger charge is 2.48. The van der Waals surface area contributed by atoms with E-state index in [1.807, 2.05) is 0 Å². The van der Waals surface area contributed by atoms with Crippen LogP contribution in [-0.2, 0) is 0 Å². The van der Waals surface area contributed by atoms with E-state index in [0.717, 1.165) is 12.8 Å². The molecule has 0 amide bonds. The topological polar surface area (TPSA) is 20.2 Å². The van der Waals surface area contributed by atoms with Crippen LogP contribution in [0.25, 0.3) is 0 Å².